The Hall–Kier alpha value is -1.67. The topological polar surface area (TPSA) is 26.0 Å². The Bertz CT molecular complexity index is 686. The van der Waals surface area contributed by atoms with Gasteiger partial charge < -0.3 is 5.73 Å². The molecule has 2 N–H and O–H groups in total. The highest BCUT2D eigenvalue weighted by atomic mass is 32.2. The largest absolute Gasteiger partial charge is 0.398 e. The van der Waals surface area contributed by atoms with Gasteiger partial charge in [-0.05, 0) is 56.0 Å². The second-order valence-electron chi connectivity index (χ2n) is 6.07. The standard InChI is InChI=1S/C20H25NS/c1-13(2)12-22-20(17-8-6-7-15(4)16(17)5)18-11-14(3)9-10-19(18)21/h6-11,20H,1,12,21H2,2-5H3. The number of nitrogen functional groups attached to an aromatic ring is 1. The molecular weight excluding hydrogens is 286 g/mol. The molecule has 1 nitrogen and oxygen atoms in total. The third kappa shape index (κ3) is 3.75. The predicted octanol–water partition coefficient (Wildman–Crippen LogP) is 5.59. The Morgan fingerprint density at radius 1 is 1.14 bits per heavy atom. The van der Waals surface area contributed by atoms with Crippen LogP contribution >= 0.6 is 11.8 Å². The second-order valence-corrected chi connectivity index (χ2v) is 7.16. The fraction of sp³-hybridized carbons (Fsp3) is 0.300. The summed E-state index contributed by atoms with van der Waals surface area (Å²) in [7, 11) is 0. The van der Waals surface area contributed by atoms with Gasteiger partial charge in [0, 0.05) is 11.4 Å². The number of aryl methyl sites for hydroxylation is 2. The van der Waals surface area contributed by atoms with Crippen LogP contribution in [0.3, 0.4) is 0 Å². The van der Waals surface area contributed by atoms with Crippen LogP contribution in [-0.4, -0.2) is 5.75 Å². The van der Waals surface area contributed by atoms with Crippen LogP contribution < -0.4 is 5.73 Å². The van der Waals surface area contributed by atoms with Crippen molar-refractivity contribution in [2.24, 2.45) is 0 Å². The van der Waals surface area contributed by atoms with Gasteiger partial charge in [-0.1, -0.05) is 48.0 Å². The summed E-state index contributed by atoms with van der Waals surface area (Å²) in [4.78, 5) is 0. The van der Waals surface area contributed by atoms with Crippen LogP contribution in [0, 0.1) is 20.8 Å². The highest BCUT2D eigenvalue weighted by Crippen LogP contribution is 2.41. The second kappa shape index (κ2) is 7.06. The molecule has 0 saturated carbocycles. The number of hydrogen-bond donors (Lipinski definition) is 1. The Labute approximate surface area is 138 Å². The van der Waals surface area contributed by atoms with E-state index in [0.717, 1.165) is 11.4 Å². The van der Waals surface area contributed by atoms with Crippen LogP contribution in [0.15, 0.2) is 48.6 Å². The molecule has 0 aliphatic heterocycles. The zero-order chi connectivity index (χ0) is 16.3. The fourth-order valence-electron chi connectivity index (χ4n) is 2.55. The van der Waals surface area contributed by atoms with E-state index in [1.807, 2.05) is 17.8 Å². The van der Waals surface area contributed by atoms with E-state index in [9.17, 15) is 0 Å². The third-order valence-electron chi connectivity index (χ3n) is 3.95. The van der Waals surface area contributed by atoms with Crippen LogP contribution in [-0.2, 0) is 0 Å². The van der Waals surface area contributed by atoms with Crippen LogP contribution in [0.4, 0.5) is 5.69 Å². The maximum absolute atomic E-state index is 6.29. The first-order valence-corrected chi connectivity index (χ1v) is 8.63. The maximum atomic E-state index is 6.29. The van der Waals surface area contributed by atoms with E-state index in [0.29, 0.717) is 0 Å². The lowest BCUT2D eigenvalue weighted by atomic mass is 9.95. The van der Waals surface area contributed by atoms with Gasteiger partial charge in [0.15, 0.2) is 0 Å². The van der Waals surface area contributed by atoms with E-state index in [4.69, 9.17) is 5.73 Å². The summed E-state index contributed by atoms with van der Waals surface area (Å²) < 4.78 is 0. The number of rotatable bonds is 5. The van der Waals surface area contributed by atoms with E-state index in [1.165, 1.54) is 33.4 Å². The van der Waals surface area contributed by atoms with Crippen molar-refractivity contribution < 1.29 is 0 Å². The summed E-state index contributed by atoms with van der Waals surface area (Å²) >= 11 is 1.90. The molecule has 0 radical (unpaired) electrons. The molecule has 1 unspecified atom stereocenters. The zero-order valence-corrected chi connectivity index (χ0v) is 14.8. The van der Waals surface area contributed by atoms with Gasteiger partial charge in [0.1, 0.15) is 0 Å². The van der Waals surface area contributed by atoms with Crippen molar-refractivity contribution in [1.29, 1.82) is 0 Å². The molecule has 0 aliphatic carbocycles. The number of benzene rings is 2. The van der Waals surface area contributed by atoms with Gasteiger partial charge in [-0.2, -0.15) is 0 Å². The molecule has 22 heavy (non-hydrogen) atoms. The summed E-state index contributed by atoms with van der Waals surface area (Å²) in [6, 6.07) is 12.8. The van der Waals surface area contributed by atoms with E-state index in [1.54, 1.807) is 0 Å². The normalized spacial score (nSPS) is 12.2. The molecule has 0 aromatic heterocycles. The van der Waals surface area contributed by atoms with Gasteiger partial charge in [0.2, 0.25) is 0 Å². The maximum Gasteiger partial charge on any atom is 0.0572 e. The van der Waals surface area contributed by atoms with Crippen molar-refractivity contribution in [3.05, 3.63) is 76.4 Å². The fourth-order valence-corrected chi connectivity index (χ4v) is 3.82. The predicted molar refractivity (Wildman–Crippen MR) is 101 cm³/mol. The minimum atomic E-state index is 0.247. The Morgan fingerprint density at radius 2 is 1.86 bits per heavy atom. The van der Waals surface area contributed by atoms with E-state index >= 15 is 0 Å². The van der Waals surface area contributed by atoms with Crippen LogP contribution in [0.1, 0.15) is 40.0 Å². The molecule has 0 heterocycles. The van der Waals surface area contributed by atoms with Crippen molar-refractivity contribution in [3.63, 3.8) is 0 Å². The first-order chi connectivity index (χ1) is 10.4. The zero-order valence-electron chi connectivity index (χ0n) is 13.9. The minimum absolute atomic E-state index is 0.247. The summed E-state index contributed by atoms with van der Waals surface area (Å²) in [6.07, 6.45) is 0. The van der Waals surface area contributed by atoms with E-state index in [2.05, 4.69) is 64.6 Å². The molecule has 1 atom stereocenters. The number of nitrogens with two attached hydrogens (primary N) is 1. The lowest BCUT2D eigenvalue weighted by molar-refractivity contribution is 1.10. The molecule has 2 aromatic carbocycles. The van der Waals surface area contributed by atoms with Crippen molar-refractivity contribution >= 4 is 17.4 Å². The van der Waals surface area contributed by atoms with Crippen molar-refractivity contribution in [2.45, 2.75) is 32.9 Å². The minimum Gasteiger partial charge on any atom is -0.398 e. The summed E-state index contributed by atoms with van der Waals surface area (Å²) in [6.45, 7) is 12.6. The molecule has 0 aliphatic rings. The van der Waals surface area contributed by atoms with Crippen LogP contribution in [0.25, 0.3) is 0 Å². The molecule has 116 valence electrons. The molecule has 0 spiro atoms. The smallest absolute Gasteiger partial charge is 0.0572 e. The Balaban J connectivity index is 2.53. The summed E-state index contributed by atoms with van der Waals surface area (Å²) in [5.74, 6) is 0.936. The number of thioether (sulfide) groups is 1. The quantitative estimate of drug-likeness (QED) is 0.575. The van der Waals surface area contributed by atoms with Crippen LogP contribution in [0.2, 0.25) is 0 Å². The van der Waals surface area contributed by atoms with Gasteiger partial charge in [-0.3, -0.25) is 0 Å². The first kappa shape index (κ1) is 16.7. The van der Waals surface area contributed by atoms with Crippen LogP contribution in [0.5, 0.6) is 0 Å². The molecule has 2 aromatic rings. The average Bonchev–Trinajstić information content (AvgIpc) is 2.46. The summed E-state index contributed by atoms with van der Waals surface area (Å²) in [5.41, 5.74) is 14.8. The Morgan fingerprint density at radius 3 is 2.55 bits per heavy atom. The number of anilines is 1. The lowest BCUT2D eigenvalue weighted by Crippen LogP contribution is -2.05. The lowest BCUT2D eigenvalue weighted by Gasteiger charge is -2.23. The Kier molecular flexibility index (Phi) is 5.36. The molecule has 2 heteroatoms. The molecule has 0 amide bonds. The highest BCUT2D eigenvalue weighted by molar-refractivity contribution is 7.99. The SMILES string of the molecule is C=C(C)CSC(c1cc(C)ccc1N)c1cccc(C)c1C. The van der Waals surface area contributed by atoms with Gasteiger partial charge in [-0.15, -0.1) is 11.8 Å². The third-order valence-corrected chi connectivity index (χ3v) is 5.45. The van der Waals surface area contributed by atoms with Crippen molar-refractivity contribution in [2.75, 3.05) is 11.5 Å². The van der Waals surface area contributed by atoms with Crippen molar-refractivity contribution in [1.82, 2.24) is 0 Å². The van der Waals surface area contributed by atoms with Gasteiger partial charge in [0.25, 0.3) is 0 Å². The van der Waals surface area contributed by atoms with E-state index < -0.39 is 0 Å². The molecular formula is C20H25NS. The van der Waals surface area contributed by atoms with Crippen molar-refractivity contribution in [3.8, 4) is 0 Å². The molecule has 2 rings (SSSR count). The number of hydrogen-bond acceptors (Lipinski definition) is 2. The van der Waals surface area contributed by atoms with Gasteiger partial charge in [0.05, 0.1) is 5.25 Å². The monoisotopic (exact) mass is 311 g/mol. The van der Waals surface area contributed by atoms with E-state index in [-0.39, 0.29) is 5.25 Å². The molecule has 0 saturated heterocycles. The first-order valence-electron chi connectivity index (χ1n) is 7.58. The average molecular weight is 311 g/mol. The van der Waals surface area contributed by atoms with Gasteiger partial charge >= 0.3 is 0 Å². The molecule has 0 bridgehead atoms. The summed E-state index contributed by atoms with van der Waals surface area (Å²) in [5, 5.41) is 0.247. The van der Waals surface area contributed by atoms with Gasteiger partial charge in [-0.25, -0.2) is 0 Å². The highest BCUT2D eigenvalue weighted by Gasteiger charge is 2.20. The molecule has 0 fully saturated rings.